The summed E-state index contributed by atoms with van der Waals surface area (Å²) in [5.74, 6) is 0.764. The van der Waals surface area contributed by atoms with Crippen molar-refractivity contribution in [1.29, 1.82) is 0 Å². The van der Waals surface area contributed by atoms with Crippen molar-refractivity contribution in [3.05, 3.63) is 54.1 Å². The predicted molar refractivity (Wildman–Crippen MR) is 84.8 cm³/mol. The number of para-hydroxylation sites is 1. The van der Waals surface area contributed by atoms with Crippen LogP contribution < -0.4 is 4.74 Å². The van der Waals surface area contributed by atoms with Gasteiger partial charge in [0.25, 0.3) is 0 Å². The fourth-order valence-electron chi connectivity index (χ4n) is 2.32. The van der Waals surface area contributed by atoms with E-state index in [1.54, 1.807) is 4.68 Å². The van der Waals surface area contributed by atoms with E-state index in [1.165, 1.54) is 5.56 Å². The smallest absolute Gasteiger partial charge is 0.119 e. The molecule has 0 saturated heterocycles. The van der Waals surface area contributed by atoms with E-state index in [0.29, 0.717) is 6.54 Å². The molecule has 0 saturated carbocycles. The molecule has 0 unspecified atom stereocenters. The summed E-state index contributed by atoms with van der Waals surface area (Å²) in [6.07, 6.45) is 0.360. The third-order valence-corrected chi connectivity index (χ3v) is 3.58. The van der Waals surface area contributed by atoms with Gasteiger partial charge in [-0.3, -0.25) is 0 Å². The Hall–Kier alpha value is -2.40. The zero-order valence-corrected chi connectivity index (χ0v) is 12.5. The molecule has 1 aromatic heterocycles. The maximum Gasteiger partial charge on any atom is 0.119 e. The Balaban J connectivity index is 1.59. The number of nitrogens with zero attached hydrogens (tertiary/aromatic N) is 3. The molecule has 0 aliphatic heterocycles. The van der Waals surface area contributed by atoms with Gasteiger partial charge in [-0.15, -0.1) is 5.10 Å². The van der Waals surface area contributed by atoms with Gasteiger partial charge in [0.2, 0.25) is 0 Å². The first-order valence-corrected chi connectivity index (χ1v) is 7.44. The van der Waals surface area contributed by atoms with Crippen molar-refractivity contribution in [2.45, 2.75) is 26.0 Å². The zero-order chi connectivity index (χ0) is 15.4. The van der Waals surface area contributed by atoms with E-state index < -0.39 is 6.10 Å². The molecule has 3 rings (SSSR count). The lowest BCUT2D eigenvalue weighted by Gasteiger charge is -2.13. The van der Waals surface area contributed by atoms with Crippen LogP contribution in [0.5, 0.6) is 5.75 Å². The summed E-state index contributed by atoms with van der Waals surface area (Å²) < 4.78 is 7.31. The first-order valence-electron chi connectivity index (χ1n) is 7.44. The fraction of sp³-hybridized carbons (Fsp3) is 0.294. The number of fused-ring (bicyclic) bond motifs is 1. The third-order valence-electron chi connectivity index (χ3n) is 3.58. The molecule has 5 heteroatoms. The largest absolute Gasteiger partial charge is 0.491 e. The SMILES string of the molecule is CCc1ccc(OC[C@H](O)Cn2nnc3ccccc32)cc1. The highest BCUT2D eigenvalue weighted by molar-refractivity contribution is 5.73. The van der Waals surface area contributed by atoms with Crippen LogP contribution in [0.25, 0.3) is 11.0 Å². The molecule has 0 radical (unpaired) electrons. The minimum absolute atomic E-state index is 0.222. The highest BCUT2D eigenvalue weighted by atomic mass is 16.5. The lowest BCUT2D eigenvalue weighted by atomic mass is 10.2. The van der Waals surface area contributed by atoms with Crippen molar-refractivity contribution in [2.75, 3.05) is 6.61 Å². The van der Waals surface area contributed by atoms with Gasteiger partial charge in [-0.25, -0.2) is 4.68 Å². The molecule has 1 atom stereocenters. The van der Waals surface area contributed by atoms with Gasteiger partial charge in [-0.2, -0.15) is 0 Å². The van der Waals surface area contributed by atoms with Gasteiger partial charge in [-0.1, -0.05) is 36.4 Å². The molecule has 1 N–H and O–H groups in total. The monoisotopic (exact) mass is 297 g/mol. The Labute approximate surface area is 129 Å². The van der Waals surface area contributed by atoms with Crippen LogP contribution in [0.1, 0.15) is 12.5 Å². The Morgan fingerprint density at radius 2 is 1.91 bits per heavy atom. The van der Waals surface area contributed by atoms with Gasteiger partial charge in [0.1, 0.15) is 24.0 Å². The number of hydrogen-bond acceptors (Lipinski definition) is 4. The topological polar surface area (TPSA) is 60.2 Å². The summed E-state index contributed by atoms with van der Waals surface area (Å²) in [7, 11) is 0. The Kier molecular flexibility index (Phi) is 4.34. The van der Waals surface area contributed by atoms with Gasteiger partial charge < -0.3 is 9.84 Å². The highest BCUT2D eigenvalue weighted by Gasteiger charge is 2.10. The lowest BCUT2D eigenvalue weighted by molar-refractivity contribution is 0.0899. The number of rotatable bonds is 6. The van der Waals surface area contributed by atoms with E-state index >= 15 is 0 Å². The van der Waals surface area contributed by atoms with Crippen LogP contribution in [0.4, 0.5) is 0 Å². The normalized spacial score (nSPS) is 12.5. The molecule has 0 bridgehead atoms. The minimum Gasteiger partial charge on any atom is -0.491 e. The van der Waals surface area contributed by atoms with E-state index in [1.807, 2.05) is 48.5 Å². The second kappa shape index (κ2) is 6.58. The average Bonchev–Trinajstić information content (AvgIpc) is 2.97. The number of aliphatic hydroxyl groups excluding tert-OH is 1. The molecule has 22 heavy (non-hydrogen) atoms. The van der Waals surface area contributed by atoms with E-state index in [0.717, 1.165) is 23.2 Å². The van der Waals surface area contributed by atoms with Crippen molar-refractivity contribution < 1.29 is 9.84 Å². The molecule has 0 aliphatic rings. The lowest BCUT2D eigenvalue weighted by Crippen LogP contribution is -2.24. The standard InChI is InChI=1S/C17H19N3O2/c1-2-13-7-9-15(10-8-13)22-12-14(21)11-20-17-6-4-3-5-16(17)18-19-20/h3-10,14,21H,2,11-12H2,1H3/t14-/m1/s1. The van der Waals surface area contributed by atoms with Crippen LogP contribution in [0.2, 0.25) is 0 Å². The van der Waals surface area contributed by atoms with Crippen molar-refractivity contribution in [2.24, 2.45) is 0 Å². The van der Waals surface area contributed by atoms with Crippen LogP contribution >= 0.6 is 0 Å². The number of ether oxygens (including phenoxy) is 1. The van der Waals surface area contributed by atoms with Gasteiger partial charge in [0.05, 0.1) is 12.1 Å². The number of aromatic nitrogens is 3. The van der Waals surface area contributed by atoms with Crippen molar-refractivity contribution in [3.8, 4) is 5.75 Å². The van der Waals surface area contributed by atoms with Gasteiger partial charge in [-0.05, 0) is 36.2 Å². The van der Waals surface area contributed by atoms with E-state index in [9.17, 15) is 5.11 Å². The van der Waals surface area contributed by atoms with Crippen LogP contribution in [0.15, 0.2) is 48.5 Å². The molecule has 2 aromatic carbocycles. The number of benzene rings is 2. The minimum atomic E-state index is -0.643. The molecule has 0 aliphatic carbocycles. The number of aliphatic hydroxyl groups is 1. The van der Waals surface area contributed by atoms with Crippen LogP contribution in [0.3, 0.4) is 0 Å². The summed E-state index contributed by atoms with van der Waals surface area (Å²) in [4.78, 5) is 0. The van der Waals surface area contributed by atoms with E-state index in [-0.39, 0.29) is 6.61 Å². The number of hydrogen-bond donors (Lipinski definition) is 1. The summed E-state index contributed by atoms with van der Waals surface area (Å²) in [6, 6.07) is 15.6. The molecule has 5 nitrogen and oxygen atoms in total. The van der Waals surface area contributed by atoms with Gasteiger partial charge in [0.15, 0.2) is 0 Å². The van der Waals surface area contributed by atoms with Crippen molar-refractivity contribution in [1.82, 2.24) is 15.0 Å². The molecule has 114 valence electrons. The molecular formula is C17H19N3O2. The Morgan fingerprint density at radius 3 is 2.68 bits per heavy atom. The van der Waals surface area contributed by atoms with Crippen molar-refractivity contribution >= 4 is 11.0 Å². The highest BCUT2D eigenvalue weighted by Crippen LogP contribution is 2.14. The first kappa shape index (κ1) is 14.5. The summed E-state index contributed by atoms with van der Waals surface area (Å²) >= 11 is 0. The Morgan fingerprint density at radius 1 is 1.14 bits per heavy atom. The molecular weight excluding hydrogens is 278 g/mol. The van der Waals surface area contributed by atoms with E-state index in [2.05, 4.69) is 17.2 Å². The molecule has 0 fully saturated rings. The maximum absolute atomic E-state index is 10.1. The first-order chi connectivity index (χ1) is 10.8. The van der Waals surface area contributed by atoms with Crippen LogP contribution in [0, 0.1) is 0 Å². The molecule has 1 heterocycles. The second-order valence-electron chi connectivity index (χ2n) is 5.22. The van der Waals surface area contributed by atoms with Crippen LogP contribution in [-0.2, 0) is 13.0 Å². The van der Waals surface area contributed by atoms with Gasteiger partial charge >= 0.3 is 0 Å². The van der Waals surface area contributed by atoms with E-state index in [4.69, 9.17) is 4.74 Å². The summed E-state index contributed by atoms with van der Waals surface area (Å²) in [5, 5.41) is 18.3. The maximum atomic E-state index is 10.1. The van der Waals surface area contributed by atoms with Crippen molar-refractivity contribution in [3.63, 3.8) is 0 Å². The predicted octanol–water partition coefficient (Wildman–Crippen LogP) is 2.43. The quantitative estimate of drug-likeness (QED) is 0.759. The average molecular weight is 297 g/mol. The fourth-order valence-corrected chi connectivity index (χ4v) is 2.32. The second-order valence-corrected chi connectivity index (χ2v) is 5.22. The number of aryl methyl sites for hydroxylation is 1. The zero-order valence-electron chi connectivity index (χ0n) is 12.5. The summed E-state index contributed by atoms with van der Waals surface area (Å²) in [6.45, 7) is 2.69. The third kappa shape index (κ3) is 3.26. The van der Waals surface area contributed by atoms with Crippen LogP contribution in [-0.4, -0.2) is 32.8 Å². The molecule has 0 amide bonds. The summed E-state index contributed by atoms with van der Waals surface area (Å²) in [5.41, 5.74) is 3.00. The van der Waals surface area contributed by atoms with Gasteiger partial charge in [0, 0.05) is 0 Å². The Bertz CT molecular complexity index is 737. The molecule has 3 aromatic rings. The molecule has 0 spiro atoms.